The summed E-state index contributed by atoms with van der Waals surface area (Å²) in [6.45, 7) is 2.74. The van der Waals surface area contributed by atoms with Crippen molar-refractivity contribution in [3.63, 3.8) is 0 Å². The minimum absolute atomic E-state index is 0.701. The molecule has 0 aliphatic rings. The Balaban J connectivity index is 2.08. The zero-order chi connectivity index (χ0) is 13.0. The van der Waals surface area contributed by atoms with Crippen molar-refractivity contribution in [2.75, 3.05) is 24.3 Å². The van der Waals surface area contributed by atoms with E-state index in [0.29, 0.717) is 6.54 Å². The number of nitrogens with one attached hydrogen (secondary N) is 1. The van der Waals surface area contributed by atoms with Crippen LogP contribution in [-0.4, -0.2) is 24.1 Å². The van der Waals surface area contributed by atoms with Crippen LogP contribution >= 0.6 is 0 Å². The monoisotopic (exact) mass is 242 g/mol. The summed E-state index contributed by atoms with van der Waals surface area (Å²) >= 11 is 0. The van der Waals surface area contributed by atoms with E-state index in [0.717, 1.165) is 17.1 Å². The molecule has 0 fully saturated rings. The van der Waals surface area contributed by atoms with Gasteiger partial charge in [-0.05, 0) is 24.6 Å². The van der Waals surface area contributed by atoms with E-state index in [1.165, 1.54) is 5.56 Å². The molecular weight excluding hydrogens is 224 g/mol. The highest BCUT2D eigenvalue weighted by Crippen LogP contribution is 2.22. The maximum absolute atomic E-state index is 4.37. The number of hydrogen-bond acceptors (Lipinski definition) is 4. The number of nitrogens with zero attached hydrogens (tertiary/aromatic N) is 3. The quantitative estimate of drug-likeness (QED) is 0.894. The first-order valence-electron chi connectivity index (χ1n) is 5.93. The van der Waals surface area contributed by atoms with Crippen molar-refractivity contribution in [1.29, 1.82) is 0 Å². The molecule has 0 aromatic carbocycles. The molecule has 2 aromatic heterocycles. The number of hydrogen-bond donors (Lipinski definition) is 1. The number of aromatic nitrogens is 2. The first-order valence-corrected chi connectivity index (χ1v) is 5.93. The van der Waals surface area contributed by atoms with Crippen molar-refractivity contribution < 1.29 is 0 Å². The van der Waals surface area contributed by atoms with Gasteiger partial charge in [-0.25, -0.2) is 0 Å². The van der Waals surface area contributed by atoms with Gasteiger partial charge in [0.2, 0.25) is 0 Å². The van der Waals surface area contributed by atoms with E-state index in [1.54, 1.807) is 6.20 Å². The lowest BCUT2D eigenvalue weighted by molar-refractivity contribution is 1.02. The van der Waals surface area contributed by atoms with Crippen LogP contribution in [0.1, 0.15) is 11.3 Å². The Bertz CT molecular complexity index is 505. The molecule has 0 aliphatic carbocycles. The minimum atomic E-state index is 0.701. The molecule has 4 nitrogen and oxygen atoms in total. The molecule has 1 N–H and O–H groups in total. The zero-order valence-electron chi connectivity index (χ0n) is 11.0. The molecule has 0 unspecified atom stereocenters. The highest BCUT2D eigenvalue weighted by molar-refractivity contribution is 5.67. The first kappa shape index (κ1) is 12.4. The summed E-state index contributed by atoms with van der Waals surface area (Å²) in [5.41, 5.74) is 4.34. The van der Waals surface area contributed by atoms with Crippen LogP contribution in [0.15, 0.2) is 36.8 Å². The molecule has 0 amide bonds. The van der Waals surface area contributed by atoms with Gasteiger partial charge in [-0.1, -0.05) is 6.07 Å². The third kappa shape index (κ3) is 2.97. The molecule has 0 radical (unpaired) electrons. The molecule has 0 aliphatic heterocycles. The van der Waals surface area contributed by atoms with E-state index < -0.39 is 0 Å². The summed E-state index contributed by atoms with van der Waals surface area (Å²) in [6.07, 6.45) is 5.52. The van der Waals surface area contributed by atoms with Gasteiger partial charge >= 0.3 is 0 Å². The molecule has 94 valence electrons. The van der Waals surface area contributed by atoms with Crippen LogP contribution in [0.5, 0.6) is 0 Å². The predicted molar refractivity (Wildman–Crippen MR) is 74.9 cm³/mol. The van der Waals surface area contributed by atoms with E-state index in [1.807, 2.05) is 45.5 Å². The summed E-state index contributed by atoms with van der Waals surface area (Å²) in [5.74, 6) is 0. The largest absolute Gasteiger partial charge is 0.376 e. The minimum Gasteiger partial charge on any atom is -0.376 e. The van der Waals surface area contributed by atoms with Gasteiger partial charge in [0, 0.05) is 26.5 Å². The number of anilines is 2. The third-order valence-electron chi connectivity index (χ3n) is 2.71. The van der Waals surface area contributed by atoms with Gasteiger partial charge in [0.25, 0.3) is 0 Å². The Labute approximate surface area is 108 Å². The highest BCUT2D eigenvalue weighted by Gasteiger charge is 2.03. The zero-order valence-corrected chi connectivity index (χ0v) is 11.0. The fourth-order valence-electron chi connectivity index (χ4n) is 1.70. The van der Waals surface area contributed by atoms with Crippen LogP contribution in [0.3, 0.4) is 0 Å². The topological polar surface area (TPSA) is 41.1 Å². The first-order chi connectivity index (χ1) is 8.66. The summed E-state index contributed by atoms with van der Waals surface area (Å²) in [6, 6.07) is 6.10. The normalized spacial score (nSPS) is 10.2. The van der Waals surface area contributed by atoms with Crippen molar-refractivity contribution in [2.45, 2.75) is 13.5 Å². The Morgan fingerprint density at radius 1 is 1.17 bits per heavy atom. The standard InChI is InChI=1S/C14H18N4/c1-11-4-5-12(16-8-11)9-17-13-10-15-7-6-14(13)18(2)3/h4-8,10,17H,9H2,1-3H3. The van der Waals surface area contributed by atoms with Crippen LogP contribution in [0.2, 0.25) is 0 Å². The Morgan fingerprint density at radius 2 is 2.00 bits per heavy atom. The van der Waals surface area contributed by atoms with Gasteiger partial charge < -0.3 is 10.2 Å². The predicted octanol–water partition coefficient (Wildman–Crippen LogP) is 2.46. The fourth-order valence-corrected chi connectivity index (χ4v) is 1.70. The van der Waals surface area contributed by atoms with Crippen LogP contribution in [0.4, 0.5) is 11.4 Å². The van der Waals surface area contributed by atoms with E-state index in [9.17, 15) is 0 Å². The lowest BCUT2D eigenvalue weighted by Crippen LogP contribution is -2.12. The molecule has 0 atom stereocenters. The van der Waals surface area contributed by atoms with Crippen molar-refractivity contribution in [3.8, 4) is 0 Å². The lowest BCUT2D eigenvalue weighted by atomic mass is 10.2. The second-order valence-electron chi connectivity index (χ2n) is 4.47. The molecule has 2 heterocycles. The van der Waals surface area contributed by atoms with Crippen LogP contribution in [-0.2, 0) is 6.54 Å². The second-order valence-corrected chi connectivity index (χ2v) is 4.47. The van der Waals surface area contributed by atoms with E-state index in [-0.39, 0.29) is 0 Å². The Hall–Kier alpha value is -2.10. The van der Waals surface area contributed by atoms with Gasteiger partial charge in [-0.2, -0.15) is 0 Å². The third-order valence-corrected chi connectivity index (χ3v) is 2.71. The maximum atomic E-state index is 4.37. The molecule has 4 heteroatoms. The SMILES string of the molecule is Cc1ccc(CNc2cnccc2N(C)C)nc1. The number of rotatable bonds is 4. The van der Waals surface area contributed by atoms with E-state index >= 15 is 0 Å². The molecule has 18 heavy (non-hydrogen) atoms. The Morgan fingerprint density at radius 3 is 2.67 bits per heavy atom. The van der Waals surface area contributed by atoms with Crippen LogP contribution in [0.25, 0.3) is 0 Å². The smallest absolute Gasteiger partial charge is 0.0767 e. The molecule has 0 bridgehead atoms. The number of pyridine rings is 2. The van der Waals surface area contributed by atoms with Crippen molar-refractivity contribution in [1.82, 2.24) is 9.97 Å². The van der Waals surface area contributed by atoms with Gasteiger partial charge in [0.1, 0.15) is 0 Å². The fraction of sp³-hybridized carbons (Fsp3) is 0.286. The molecule has 2 aromatic rings. The van der Waals surface area contributed by atoms with Crippen LogP contribution in [0, 0.1) is 6.92 Å². The van der Waals surface area contributed by atoms with Gasteiger partial charge in [-0.15, -0.1) is 0 Å². The average molecular weight is 242 g/mol. The lowest BCUT2D eigenvalue weighted by Gasteiger charge is -2.17. The maximum Gasteiger partial charge on any atom is 0.0767 e. The van der Waals surface area contributed by atoms with E-state index in [2.05, 4.69) is 26.3 Å². The average Bonchev–Trinajstić information content (AvgIpc) is 2.38. The van der Waals surface area contributed by atoms with Crippen molar-refractivity contribution in [3.05, 3.63) is 48.0 Å². The number of aryl methyl sites for hydroxylation is 1. The van der Waals surface area contributed by atoms with Crippen molar-refractivity contribution >= 4 is 11.4 Å². The molecule has 2 rings (SSSR count). The summed E-state index contributed by atoms with van der Waals surface area (Å²) in [7, 11) is 4.04. The van der Waals surface area contributed by atoms with Gasteiger partial charge in [-0.3, -0.25) is 9.97 Å². The Kier molecular flexibility index (Phi) is 3.77. The molecule has 0 saturated heterocycles. The molecular formula is C14H18N4. The highest BCUT2D eigenvalue weighted by atomic mass is 15.1. The van der Waals surface area contributed by atoms with Gasteiger partial charge in [0.05, 0.1) is 29.8 Å². The molecule has 0 spiro atoms. The van der Waals surface area contributed by atoms with Crippen molar-refractivity contribution in [2.24, 2.45) is 0 Å². The summed E-state index contributed by atoms with van der Waals surface area (Å²) < 4.78 is 0. The summed E-state index contributed by atoms with van der Waals surface area (Å²) in [5, 5.41) is 3.36. The molecule has 0 saturated carbocycles. The van der Waals surface area contributed by atoms with Gasteiger partial charge in [0.15, 0.2) is 0 Å². The second kappa shape index (κ2) is 5.49. The van der Waals surface area contributed by atoms with Crippen LogP contribution < -0.4 is 10.2 Å². The van der Waals surface area contributed by atoms with E-state index in [4.69, 9.17) is 0 Å². The summed E-state index contributed by atoms with van der Waals surface area (Å²) in [4.78, 5) is 10.6.